The van der Waals surface area contributed by atoms with E-state index in [2.05, 4.69) is 19.7 Å². The van der Waals surface area contributed by atoms with Crippen LogP contribution < -0.4 is 4.74 Å². The van der Waals surface area contributed by atoms with Crippen molar-refractivity contribution in [1.29, 1.82) is 0 Å². The molecule has 2 aromatic carbocycles. The second-order valence-electron chi connectivity index (χ2n) is 9.83. The van der Waals surface area contributed by atoms with E-state index in [4.69, 9.17) is 20.8 Å². The number of hydrogen-bond donors (Lipinski definition) is 1. The maximum Gasteiger partial charge on any atom is 0.191 e. The number of oxazole rings is 1. The number of aromatic nitrogens is 4. The molecule has 1 aliphatic rings. The van der Waals surface area contributed by atoms with Gasteiger partial charge in [-0.2, -0.15) is 0 Å². The molecule has 0 saturated carbocycles. The van der Waals surface area contributed by atoms with Gasteiger partial charge in [0.05, 0.1) is 34.9 Å². The van der Waals surface area contributed by atoms with Crippen molar-refractivity contribution in [3.8, 4) is 28.5 Å². The lowest BCUT2D eigenvalue weighted by atomic mass is 9.65. The molecule has 36 heavy (non-hydrogen) atoms. The van der Waals surface area contributed by atoms with E-state index in [1.54, 1.807) is 46.2 Å². The second kappa shape index (κ2) is 9.01. The topological polar surface area (TPSA) is 86.2 Å². The van der Waals surface area contributed by atoms with Crippen molar-refractivity contribution in [3.63, 3.8) is 0 Å². The Bertz CT molecular complexity index is 1420. The Kier molecular flexibility index (Phi) is 6.12. The average molecular weight is 511 g/mol. The zero-order valence-electron chi connectivity index (χ0n) is 20.7. The zero-order chi connectivity index (χ0) is 25.7. The van der Waals surface area contributed by atoms with Gasteiger partial charge in [0.25, 0.3) is 0 Å². The van der Waals surface area contributed by atoms with Gasteiger partial charge in [-0.05, 0) is 62.9 Å². The summed E-state index contributed by atoms with van der Waals surface area (Å²) in [4.78, 5) is 4.18. The molecular weight excluding hydrogens is 483 g/mol. The van der Waals surface area contributed by atoms with Crippen molar-refractivity contribution in [3.05, 3.63) is 70.7 Å². The van der Waals surface area contributed by atoms with E-state index in [-0.39, 0.29) is 5.02 Å². The highest BCUT2D eigenvalue weighted by atomic mass is 35.5. The molecule has 0 bridgehead atoms. The van der Waals surface area contributed by atoms with E-state index in [1.807, 2.05) is 18.2 Å². The van der Waals surface area contributed by atoms with Crippen LogP contribution in [-0.4, -0.2) is 37.6 Å². The van der Waals surface area contributed by atoms with E-state index in [0.717, 1.165) is 23.1 Å². The van der Waals surface area contributed by atoms with Crippen LogP contribution in [0.1, 0.15) is 44.0 Å². The summed E-state index contributed by atoms with van der Waals surface area (Å²) in [5, 5.41) is 20.6. The first kappa shape index (κ1) is 24.5. The molecule has 188 valence electrons. The Morgan fingerprint density at radius 2 is 2.03 bits per heavy atom. The first-order chi connectivity index (χ1) is 17.1. The molecule has 1 atom stereocenters. The van der Waals surface area contributed by atoms with Gasteiger partial charge in [0.1, 0.15) is 17.4 Å². The molecule has 1 unspecified atom stereocenters. The standard InChI is InChI=1S/C27H28ClFN4O3/c1-16-30-15-23(36-16)19-8-7-18(13-22(19)35-4)24-31-32-25-27(26(2,3)34,10-5-11-33(24)25)14-17-6-9-20(28)21(29)12-17/h6-9,12-13,15,34H,5,10-11,14H2,1-4H3. The predicted octanol–water partition coefficient (Wildman–Crippen LogP) is 5.75. The predicted molar refractivity (Wildman–Crippen MR) is 135 cm³/mol. The maximum absolute atomic E-state index is 14.3. The summed E-state index contributed by atoms with van der Waals surface area (Å²) in [6, 6.07) is 10.5. The van der Waals surface area contributed by atoms with Crippen LogP contribution in [0.5, 0.6) is 5.75 Å². The minimum atomic E-state index is -1.14. The Labute approximate surface area is 213 Å². The van der Waals surface area contributed by atoms with Gasteiger partial charge in [0.15, 0.2) is 17.5 Å². The number of aryl methyl sites for hydroxylation is 1. The summed E-state index contributed by atoms with van der Waals surface area (Å²) in [7, 11) is 1.61. The molecule has 0 radical (unpaired) electrons. The molecule has 0 aliphatic carbocycles. The van der Waals surface area contributed by atoms with Crippen molar-refractivity contribution in [2.45, 2.75) is 57.6 Å². The maximum atomic E-state index is 14.3. The van der Waals surface area contributed by atoms with E-state index >= 15 is 0 Å². The van der Waals surface area contributed by atoms with Gasteiger partial charge in [0, 0.05) is 19.0 Å². The summed E-state index contributed by atoms with van der Waals surface area (Å²) in [5.41, 5.74) is 0.450. The lowest BCUT2D eigenvalue weighted by Crippen LogP contribution is -2.52. The van der Waals surface area contributed by atoms with E-state index in [1.165, 1.54) is 6.07 Å². The van der Waals surface area contributed by atoms with Crippen LogP contribution in [-0.2, 0) is 18.4 Å². The first-order valence-corrected chi connectivity index (χ1v) is 12.2. The van der Waals surface area contributed by atoms with Gasteiger partial charge < -0.3 is 18.8 Å². The molecule has 9 heteroatoms. The monoisotopic (exact) mass is 510 g/mol. The SMILES string of the molecule is COc1cc(-c2nnc3n2CCCC3(Cc2ccc(Cl)c(F)c2)C(C)(C)O)ccc1-c1cnc(C)o1. The molecule has 4 aromatic rings. The second-order valence-corrected chi connectivity index (χ2v) is 10.2. The highest BCUT2D eigenvalue weighted by molar-refractivity contribution is 6.30. The molecule has 0 saturated heterocycles. The number of ether oxygens (including phenoxy) is 1. The average Bonchev–Trinajstić information content (AvgIpc) is 3.47. The third kappa shape index (κ3) is 4.08. The highest BCUT2D eigenvalue weighted by Crippen LogP contribution is 2.46. The van der Waals surface area contributed by atoms with Crippen LogP contribution in [0, 0.1) is 12.7 Å². The summed E-state index contributed by atoms with van der Waals surface area (Å²) in [5.74, 6) is 2.70. The smallest absolute Gasteiger partial charge is 0.191 e. The van der Waals surface area contributed by atoms with Gasteiger partial charge in [-0.3, -0.25) is 0 Å². The quantitative estimate of drug-likeness (QED) is 0.355. The Morgan fingerprint density at radius 1 is 1.22 bits per heavy atom. The summed E-state index contributed by atoms with van der Waals surface area (Å²) in [6.45, 7) is 6.05. The van der Waals surface area contributed by atoms with Gasteiger partial charge in [-0.1, -0.05) is 23.7 Å². The molecule has 0 fully saturated rings. The molecular formula is C27H28ClFN4O3. The highest BCUT2D eigenvalue weighted by Gasteiger charge is 2.50. The van der Waals surface area contributed by atoms with E-state index in [0.29, 0.717) is 48.4 Å². The minimum Gasteiger partial charge on any atom is -0.496 e. The third-order valence-electron chi connectivity index (χ3n) is 7.17. The lowest BCUT2D eigenvalue weighted by molar-refractivity contribution is -0.0255. The van der Waals surface area contributed by atoms with Gasteiger partial charge >= 0.3 is 0 Å². The molecule has 0 spiro atoms. The minimum absolute atomic E-state index is 0.0723. The largest absolute Gasteiger partial charge is 0.496 e. The van der Waals surface area contributed by atoms with Crippen LogP contribution in [0.25, 0.3) is 22.7 Å². The number of methoxy groups -OCH3 is 1. The molecule has 1 N–H and O–H groups in total. The van der Waals surface area contributed by atoms with Crippen LogP contribution in [0.2, 0.25) is 5.02 Å². The van der Waals surface area contributed by atoms with Crippen molar-refractivity contribution in [2.24, 2.45) is 0 Å². The fourth-order valence-corrected chi connectivity index (χ4v) is 5.33. The molecule has 5 rings (SSSR count). The molecule has 1 aliphatic heterocycles. The van der Waals surface area contributed by atoms with Crippen LogP contribution in [0.15, 0.2) is 47.0 Å². The number of nitrogens with zero attached hydrogens (tertiary/aromatic N) is 4. The molecule has 2 aromatic heterocycles. The normalized spacial score (nSPS) is 17.8. The Balaban J connectivity index is 1.59. The first-order valence-electron chi connectivity index (χ1n) is 11.8. The number of halogens is 2. The third-order valence-corrected chi connectivity index (χ3v) is 7.48. The van der Waals surface area contributed by atoms with Gasteiger partial charge in [0.2, 0.25) is 0 Å². The Hall–Kier alpha value is -3.23. The van der Waals surface area contributed by atoms with E-state index in [9.17, 15) is 9.50 Å². The lowest BCUT2D eigenvalue weighted by Gasteiger charge is -2.45. The van der Waals surface area contributed by atoms with Crippen molar-refractivity contribution in [2.75, 3.05) is 7.11 Å². The summed E-state index contributed by atoms with van der Waals surface area (Å²) >= 11 is 5.91. The van der Waals surface area contributed by atoms with Crippen molar-refractivity contribution in [1.82, 2.24) is 19.7 Å². The van der Waals surface area contributed by atoms with Crippen LogP contribution >= 0.6 is 11.6 Å². The molecule has 3 heterocycles. The van der Waals surface area contributed by atoms with Gasteiger partial charge in [-0.25, -0.2) is 9.37 Å². The molecule has 0 amide bonds. The number of fused-ring (bicyclic) bond motifs is 1. The fraction of sp³-hybridized carbons (Fsp3) is 0.370. The van der Waals surface area contributed by atoms with Crippen molar-refractivity contribution < 1.29 is 18.7 Å². The Morgan fingerprint density at radius 3 is 2.69 bits per heavy atom. The number of rotatable bonds is 6. The fourth-order valence-electron chi connectivity index (χ4n) is 5.21. The van der Waals surface area contributed by atoms with Gasteiger partial charge in [-0.15, -0.1) is 10.2 Å². The van der Waals surface area contributed by atoms with E-state index < -0.39 is 16.8 Å². The number of benzene rings is 2. The van der Waals surface area contributed by atoms with Crippen molar-refractivity contribution >= 4 is 11.6 Å². The van der Waals surface area contributed by atoms with Crippen LogP contribution in [0.4, 0.5) is 4.39 Å². The summed E-state index contributed by atoms with van der Waals surface area (Å²) in [6.07, 6.45) is 3.57. The summed E-state index contributed by atoms with van der Waals surface area (Å²) < 4.78 is 27.6. The van der Waals surface area contributed by atoms with Crippen LogP contribution in [0.3, 0.4) is 0 Å². The molecule has 7 nitrogen and oxygen atoms in total. The zero-order valence-corrected chi connectivity index (χ0v) is 21.4. The number of aliphatic hydroxyl groups is 1. The number of hydrogen-bond acceptors (Lipinski definition) is 6.